The summed E-state index contributed by atoms with van der Waals surface area (Å²) in [5.74, 6) is 0.642. The van der Waals surface area contributed by atoms with Gasteiger partial charge in [0.15, 0.2) is 11.5 Å². The molecule has 0 aliphatic carbocycles. The standard InChI is InChI=1S/C18H13F2IN6/c19-16(20)11-6-7-23-12(8-11)9-13-24-17-14(21)15(10-4-2-1-3-5-10)25-18(22)27(17)26-13/h1-8,16H,9H2,(H2,22,25). The molecule has 0 spiro atoms. The van der Waals surface area contributed by atoms with Crippen molar-refractivity contribution in [1.82, 2.24) is 24.6 Å². The molecule has 0 aliphatic heterocycles. The van der Waals surface area contributed by atoms with Crippen LogP contribution in [0.1, 0.15) is 23.5 Å². The molecule has 2 N–H and O–H groups in total. The van der Waals surface area contributed by atoms with Crippen LogP contribution in [0, 0.1) is 3.57 Å². The third kappa shape index (κ3) is 3.46. The molecule has 1 aromatic carbocycles. The van der Waals surface area contributed by atoms with Gasteiger partial charge in [-0.25, -0.2) is 18.7 Å². The lowest BCUT2D eigenvalue weighted by atomic mass is 10.1. The zero-order valence-electron chi connectivity index (χ0n) is 13.9. The number of anilines is 1. The first-order valence-electron chi connectivity index (χ1n) is 8.02. The fourth-order valence-electron chi connectivity index (χ4n) is 2.73. The van der Waals surface area contributed by atoms with Crippen molar-refractivity contribution in [3.63, 3.8) is 0 Å². The van der Waals surface area contributed by atoms with Crippen LogP contribution < -0.4 is 5.73 Å². The summed E-state index contributed by atoms with van der Waals surface area (Å²) >= 11 is 2.16. The summed E-state index contributed by atoms with van der Waals surface area (Å²) in [5.41, 5.74) is 8.67. The molecule has 4 aromatic rings. The number of fused-ring (bicyclic) bond motifs is 1. The number of nitrogen functional groups attached to an aromatic ring is 1. The van der Waals surface area contributed by atoms with Gasteiger partial charge in [0.05, 0.1) is 15.7 Å². The molecule has 4 rings (SSSR count). The van der Waals surface area contributed by atoms with Gasteiger partial charge in [-0.3, -0.25) is 4.98 Å². The van der Waals surface area contributed by atoms with Crippen molar-refractivity contribution in [3.05, 3.63) is 69.3 Å². The number of rotatable bonds is 4. The van der Waals surface area contributed by atoms with Crippen molar-refractivity contribution in [1.29, 1.82) is 0 Å². The predicted molar refractivity (Wildman–Crippen MR) is 105 cm³/mol. The molecule has 0 radical (unpaired) electrons. The van der Waals surface area contributed by atoms with Crippen molar-refractivity contribution in [2.45, 2.75) is 12.8 Å². The average Bonchev–Trinajstić information content (AvgIpc) is 3.10. The molecule has 0 saturated carbocycles. The molecule has 3 aromatic heterocycles. The number of alkyl halides is 2. The van der Waals surface area contributed by atoms with Crippen molar-refractivity contribution >= 4 is 34.2 Å². The van der Waals surface area contributed by atoms with Crippen molar-refractivity contribution in [2.24, 2.45) is 0 Å². The maximum absolute atomic E-state index is 12.9. The number of aromatic nitrogens is 5. The van der Waals surface area contributed by atoms with Crippen LogP contribution >= 0.6 is 22.6 Å². The van der Waals surface area contributed by atoms with Gasteiger partial charge >= 0.3 is 0 Å². The van der Waals surface area contributed by atoms with E-state index in [9.17, 15) is 8.78 Å². The van der Waals surface area contributed by atoms with Gasteiger partial charge in [0.2, 0.25) is 5.95 Å². The van der Waals surface area contributed by atoms with Crippen LogP contribution in [0.4, 0.5) is 14.7 Å². The Kier molecular flexibility index (Phi) is 4.68. The van der Waals surface area contributed by atoms with Crippen LogP contribution in [-0.4, -0.2) is 24.6 Å². The Labute approximate surface area is 166 Å². The smallest absolute Gasteiger partial charge is 0.263 e. The lowest BCUT2D eigenvalue weighted by Gasteiger charge is -2.06. The highest BCUT2D eigenvalue weighted by Crippen LogP contribution is 2.27. The summed E-state index contributed by atoms with van der Waals surface area (Å²) < 4.78 is 28.0. The minimum absolute atomic E-state index is 0.0779. The maximum atomic E-state index is 12.9. The Bertz CT molecular complexity index is 1110. The third-order valence-corrected chi connectivity index (χ3v) is 4.97. The third-order valence-electron chi connectivity index (χ3n) is 3.98. The topological polar surface area (TPSA) is 82.0 Å². The van der Waals surface area contributed by atoms with Gasteiger partial charge in [-0.2, -0.15) is 4.52 Å². The number of nitrogens with zero attached hydrogens (tertiary/aromatic N) is 5. The number of hydrogen-bond acceptors (Lipinski definition) is 5. The molecule has 0 fully saturated rings. The van der Waals surface area contributed by atoms with E-state index in [2.05, 4.69) is 42.6 Å². The fraction of sp³-hybridized carbons (Fsp3) is 0.111. The van der Waals surface area contributed by atoms with Gasteiger partial charge < -0.3 is 5.73 Å². The van der Waals surface area contributed by atoms with Crippen molar-refractivity contribution in [3.8, 4) is 11.3 Å². The SMILES string of the molecule is Nc1nc(-c2ccccc2)c(I)c2nc(Cc3cc(C(F)F)ccn3)nn12. The molecule has 0 aliphatic rings. The quantitative estimate of drug-likeness (QED) is 0.450. The molecule has 3 heterocycles. The van der Waals surface area contributed by atoms with E-state index in [1.54, 1.807) is 0 Å². The van der Waals surface area contributed by atoms with Gasteiger partial charge in [0.1, 0.15) is 0 Å². The summed E-state index contributed by atoms with van der Waals surface area (Å²) in [7, 11) is 0. The first kappa shape index (κ1) is 17.7. The van der Waals surface area contributed by atoms with Crippen LogP contribution in [0.2, 0.25) is 0 Å². The summed E-state index contributed by atoms with van der Waals surface area (Å²) in [4.78, 5) is 13.1. The fourth-order valence-corrected chi connectivity index (χ4v) is 3.51. The van der Waals surface area contributed by atoms with Gasteiger partial charge in [-0.15, -0.1) is 5.10 Å². The summed E-state index contributed by atoms with van der Waals surface area (Å²) in [5, 5.41) is 4.36. The highest BCUT2D eigenvalue weighted by molar-refractivity contribution is 14.1. The average molecular weight is 478 g/mol. The molecule has 0 unspecified atom stereocenters. The molecule has 0 amide bonds. The molecule has 6 nitrogen and oxygen atoms in total. The molecule has 0 bridgehead atoms. The molecule has 136 valence electrons. The Morgan fingerprint density at radius 3 is 2.63 bits per heavy atom. The predicted octanol–water partition coefficient (Wildman–Crippen LogP) is 3.90. The van der Waals surface area contributed by atoms with Crippen molar-refractivity contribution in [2.75, 3.05) is 5.73 Å². The minimum atomic E-state index is -2.55. The summed E-state index contributed by atoms with van der Waals surface area (Å²) in [6, 6.07) is 12.3. The van der Waals surface area contributed by atoms with E-state index >= 15 is 0 Å². The van der Waals surface area contributed by atoms with Crippen LogP contribution in [0.15, 0.2) is 48.7 Å². The molecular weight excluding hydrogens is 465 g/mol. The first-order chi connectivity index (χ1) is 13.0. The number of benzene rings is 1. The molecule has 0 atom stereocenters. The first-order valence-corrected chi connectivity index (χ1v) is 9.10. The number of nitrogens with two attached hydrogens (primary N) is 1. The lowest BCUT2D eigenvalue weighted by Crippen LogP contribution is -2.05. The Balaban J connectivity index is 1.75. The maximum Gasteiger partial charge on any atom is 0.263 e. The second-order valence-electron chi connectivity index (χ2n) is 5.82. The number of hydrogen-bond donors (Lipinski definition) is 1. The molecule has 27 heavy (non-hydrogen) atoms. The Morgan fingerprint density at radius 2 is 1.89 bits per heavy atom. The van der Waals surface area contributed by atoms with Gasteiger partial charge in [-0.1, -0.05) is 30.3 Å². The van der Waals surface area contributed by atoms with Crippen LogP contribution in [0.3, 0.4) is 0 Å². The van der Waals surface area contributed by atoms with Crippen LogP contribution in [-0.2, 0) is 6.42 Å². The second kappa shape index (κ2) is 7.14. The summed E-state index contributed by atoms with van der Waals surface area (Å²) in [6.07, 6.45) is -0.965. The highest BCUT2D eigenvalue weighted by Gasteiger charge is 2.17. The van der Waals surface area contributed by atoms with Gasteiger partial charge in [0, 0.05) is 23.0 Å². The van der Waals surface area contributed by atoms with Gasteiger partial charge in [0.25, 0.3) is 6.43 Å². The van der Waals surface area contributed by atoms with Crippen LogP contribution in [0.25, 0.3) is 16.9 Å². The zero-order valence-corrected chi connectivity index (χ0v) is 16.0. The van der Waals surface area contributed by atoms with E-state index in [1.807, 2.05) is 30.3 Å². The van der Waals surface area contributed by atoms with E-state index in [1.165, 1.54) is 22.8 Å². The Morgan fingerprint density at radius 1 is 1.11 bits per heavy atom. The van der Waals surface area contributed by atoms with E-state index in [0.29, 0.717) is 17.2 Å². The largest absolute Gasteiger partial charge is 0.368 e. The van der Waals surface area contributed by atoms with Gasteiger partial charge in [-0.05, 0) is 34.7 Å². The Hall–Kier alpha value is -2.69. The molecular formula is C18H13F2IN6. The minimum Gasteiger partial charge on any atom is -0.368 e. The van der Waals surface area contributed by atoms with E-state index in [4.69, 9.17) is 5.73 Å². The van der Waals surface area contributed by atoms with Crippen LogP contribution in [0.5, 0.6) is 0 Å². The zero-order chi connectivity index (χ0) is 19.0. The summed E-state index contributed by atoms with van der Waals surface area (Å²) in [6.45, 7) is 0. The monoisotopic (exact) mass is 478 g/mol. The number of halogens is 3. The second-order valence-corrected chi connectivity index (χ2v) is 6.90. The normalized spacial score (nSPS) is 11.4. The van der Waals surface area contributed by atoms with E-state index in [0.717, 1.165) is 14.8 Å². The lowest BCUT2D eigenvalue weighted by molar-refractivity contribution is 0.151. The highest BCUT2D eigenvalue weighted by atomic mass is 127. The molecule has 0 saturated heterocycles. The number of pyridine rings is 1. The van der Waals surface area contributed by atoms with Crippen molar-refractivity contribution < 1.29 is 8.78 Å². The molecule has 9 heteroatoms. The van der Waals surface area contributed by atoms with E-state index < -0.39 is 6.43 Å². The van der Waals surface area contributed by atoms with E-state index in [-0.39, 0.29) is 17.9 Å².